The van der Waals surface area contributed by atoms with Crippen molar-refractivity contribution in [2.45, 2.75) is 25.7 Å². The number of nitrogens with one attached hydrogen (secondary N) is 1. The van der Waals surface area contributed by atoms with Gasteiger partial charge in [0.2, 0.25) is 5.91 Å². The maximum atomic E-state index is 12.0. The fraction of sp³-hybridized carbons (Fsp3) is 0.462. The lowest BCUT2D eigenvalue weighted by atomic mass is 9.66. The zero-order valence-corrected chi connectivity index (χ0v) is 12.9. The molecule has 98 valence electrons. The van der Waals surface area contributed by atoms with Gasteiger partial charge in [0, 0.05) is 9.99 Å². The van der Waals surface area contributed by atoms with Crippen molar-refractivity contribution in [2.75, 3.05) is 11.9 Å². The van der Waals surface area contributed by atoms with E-state index in [-0.39, 0.29) is 11.3 Å². The van der Waals surface area contributed by atoms with Gasteiger partial charge in [0.1, 0.15) is 0 Å². The van der Waals surface area contributed by atoms with Crippen LogP contribution in [0.4, 0.5) is 5.69 Å². The largest absolute Gasteiger partial charge is 0.330 e. The molecule has 0 heterocycles. The van der Waals surface area contributed by atoms with Gasteiger partial charge in [-0.15, -0.1) is 0 Å². The molecule has 1 saturated carbocycles. The van der Waals surface area contributed by atoms with E-state index in [1.807, 2.05) is 12.1 Å². The number of hydrogen-bond donors (Lipinski definition) is 2. The number of nitrogens with two attached hydrogens (primary N) is 1. The Hall–Kier alpha value is -0.330. The van der Waals surface area contributed by atoms with E-state index >= 15 is 0 Å². The van der Waals surface area contributed by atoms with E-state index in [0.717, 1.165) is 16.4 Å². The summed E-state index contributed by atoms with van der Waals surface area (Å²) in [6.45, 7) is 0.584. The number of carbonyl (C=O) groups is 1. The summed E-state index contributed by atoms with van der Waals surface area (Å²) in [5.74, 6) is 0.00375. The molecule has 1 aromatic rings. The van der Waals surface area contributed by atoms with E-state index in [1.54, 1.807) is 6.07 Å². The van der Waals surface area contributed by atoms with Crippen molar-refractivity contribution < 1.29 is 4.79 Å². The molecule has 0 atom stereocenters. The van der Waals surface area contributed by atoms with Gasteiger partial charge in [-0.25, -0.2) is 0 Å². The monoisotopic (exact) mass is 378 g/mol. The molecule has 0 aromatic heterocycles. The van der Waals surface area contributed by atoms with Gasteiger partial charge in [-0.1, -0.05) is 18.0 Å². The topological polar surface area (TPSA) is 55.1 Å². The van der Waals surface area contributed by atoms with Gasteiger partial charge in [-0.3, -0.25) is 4.79 Å². The van der Waals surface area contributed by atoms with Crippen LogP contribution in [0.5, 0.6) is 0 Å². The van der Waals surface area contributed by atoms with Crippen LogP contribution in [0, 0.1) is 8.99 Å². The number of halogens is 2. The summed E-state index contributed by atoms with van der Waals surface area (Å²) >= 11 is 8.24. The highest BCUT2D eigenvalue weighted by Crippen LogP contribution is 2.43. The van der Waals surface area contributed by atoms with E-state index in [1.165, 1.54) is 6.42 Å². The van der Waals surface area contributed by atoms with Crippen molar-refractivity contribution in [1.29, 1.82) is 0 Å². The lowest BCUT2D eigenvalue weighted by Gasteiger charge is -2.40. The highest BCUT2D eigenvalue weighted by Gasteiger charge is 2.37. The lowest BCUT2D eigenvalue weighted by Crippen LogP contribution is -2.40. The molecule has 2 rings (SSSR count). The SMILES string of the molecule is NCC1(CC(=O)Nc2cc(I)ccc2Cl)CCC1. The van der Waals surface area contributed by atoms with Gasteiger partial charge in [0.25, 0.3) is 0 Å². The number of rotatable bonds is 4. The van der Waals surface area contributed by atoms with Gasteiger partial charge < -0.3 is 11.1 Å². The van der Waals surface area contributed by atoms with Crippen LogP contribution in [-0.2, 0) is 4.79 Å². The minimum atomic E-state index is 0.00375. The number of hydrogen-bond acceptors (Lipinski definition) is 2. The predicted molar refractivity (Wildman–Crippen MR) is 82.8 cm³/mol. The molecule has 0 bridgehead atoms. The summed E-state index contributed by atoms with van der Waals surface area (Å²) in [5.41, 5.74) is 6.46. The minimum absolute atomic E-state index is 0.00375. The molecule has 3 nitrogen and oxygen atoms in total. The van der Waals surface area contributed by atoms with E-state index in [9.17, 15) is 4.79 Å². The van der Waals surface area contributed by atoms with Crippen molar-refractivity contribution in [3.05, 3.63) is 26.8 Å². The van der Waals surface area contributed by atoms with Crippen LogP contribution in [0.1, 0.15) is 25.7 Å². The quantitative estimate of drug-likeness (QED) is 0.789. The van der Waals surface area contributed by atoms with Crippen molar-refractivity contribution in [3.63, 3.8) is 0 Å². The van der Waals surface area contributed by atoms with E-state index in [0.29, 0.717) is 23.7 Å². The third kappa shape index (κ3) is 3.16. The zero-order chi connectivity index (χ0) is 13.2. The Bertz CT molecular complexity index is 455. The number of benzene rings is 1. The molecule has 18 heavy (non-hydrogen) atoms. The van der Waals surface area contributed by atoms with Crippen LogP contribution in [0.2, 0.25) is 5.02 Å². The average Bonchev–Trinajstić information content (AvgIpc) is 2.28. The second kappa shape index (κ2) is 5.75. The zero-order valence-electron chi connectivity index (χ0n) is 10.0. The first-order valence-corrected chi connectivity index (χ1v) is 7.45. The summed E-state index contributed by atoms with van der Waals surface area (Å²) in [4.78, 5) is 12.0. The van der Waals surface area contributed by atoms with Crippen LogP contribution in [-0.4, -0.2) is 12.5 Å². The maximum Gasteiger partial charge on any atom is 0.225 e. The van der Waals surface area contributed by atoms with Crippen LogP contribution >= 0.6 is 34.2 Å². The fourth-order valence-electron chi connectivity index (χ4n) is 2.26. The molecule has 0 saturated heterocycles. The third-order valence-corrected chi connectivity index (χ3v) is 4.59. The summed E-state index contributed by atoms with van der Waals surface area (Å²) < 4.78 is 1.05. The first-order chi connectivity index (χ1) is 8.54. The van der Waals surface area contributed by atoms with Crippen LogP contribution in [0.25, 0.3) is 0 Å². The smallest absolute Gasteiger partial charge is 0.225 e. The van der Waals surface area contributed by atoms with Crippen LogP contribution in [0.3, 0.4) is 0 Å². The number of anilines is 1. The van der Waals surface area contributed by atoms with Crippen LogP contribution < -0.4 is 11.1 Å². The summed E-state index contributed by atoms with van der Waals surface area (Å²) in [5, 5.41) is 3.45. The standard InChI is InChI=1S/C13H16ClIN2O/c14-10-3-2-9(15)6-11(10)17-12(18)7-13(8-16)4-1-5-13/h2-3,6H,1,4-5,7-8,16H2,(H,17,18). The summed E-state index contributed by atoms with van der Waals surface area (Å²) in [6.07, 6.45) is 3.77. The van der Waals surface area contributed by atoms with Gasteiger partial charge in [0.15, 0.2) is 0 Å². The van der Waals surface area contributed by atoms with Crippen molar-refractivity contribution >= 4 is 45.8 Å². The van der Waals surface area contributed by atoms with Crippen molar-refractivity contribution in [2.24, 2.45) is 11.1 Å². The van der Waals surface area contributed by atoms with E-state index in [2.05, 4.69) is 27.9 Å². The molecule has 1 fully saturated rings. The molecule has 0 radical (unpaired) electrons. The molecule has 0 unspecified atom stereocenters. The molecular formula is C13H16ClIN2O. The summed E-state index contributed by atoms with van der Waals surface area (Å²) in [6, 6.07) is 5.57. The van der Waals surface area contributed by atoms with E-state index in [4.69, 9.17) is 17.3 Å². The molecule has 3 N–H and O–H groups in total. The minimum Gasteiger partial charge on any atom is -0.330 e. The Kier molecular flexibility index (Phi) is 4.50. The Balaban J connectivity index is 2.00. The normalized spacial score (nSPS) is 17.1. The second-order valence-electron chi connectivity index (χ2n) is 4.91. The first-order valence-electron chi connectivity index (χ1n) is 6.00. The molecular weight excluding hydrogens is 363 g/mol. The molecule has 1 aromatic carbocycles. The Morgan fingerprint density at radius 1 is 1.50 bits per heavy atom. The highest BCUT2D eigenvalue weighted by molar-refractivity contribution is 14.1. The fourth-order valence-corrected chi connectivity index (χ4v) is 2.91. The molecule has 1 aliphatic rings. The molecule has 5 heteroatoms. The van der Waals surface area contributed by atoms with Gasteiger partial charge >= 0.3 is 0 Å². The van der Waals surface area contributed by atoms with Crippen molar-refractivity contribution in [3.8, 4) is 0 Å². The average molecular weight is 379 g/mol. The van der Waals surface area contributed by atoms with Gasteiger partial charge in [-0.05, 0) is 65.6 Å². The lowest BCUT2D eigenvalue weighted by molar-refractivity contribution is -0.119. The molecule has 1 amide bonds. The van der Waals surface area contributed by atoms with Crippen molar-refractivity contribution in [1.82, 2.24) is 0 Å². The van der Waals surface area contributed by atoms with Gasteiger partial charge in [-0.2, -0.15) is 0 Å². The van der Waals surface area contributed by atoms with Crippen LogP contribution in [0.15, 0.2) is 18.2 Å². The Labute approximate surface area is 126 Å². The molecule has 0 spiro atoms. The third-order valence-electron chi connectivity index (χ3n) is 3.59. The summed E-state index contributed by atoms with van der Waals surface area (Å²) in [7, 11) is 0. The Morgan fingerprint density at radius 2 is 2.22 bits per heavy atom. The first kappa shape index (κ1) is 14.1. The Morgan fingerprint density at radius 3 is 2.78 bits per heavy atom. The second-order valence-corrected chi connectivity index (χ2v) is 6.56. The number of carbonyl (C=O) groups excluding carboxylic acids is 1. The van der Waals surface area contributed by atoms with E-state index < -0.39 is 0 Å². The molecule has 0 aliphatic heterocycles. The highest BCUT2D eigenvalue weighted by atomic mass is 127. The number of amides is 1. The predicted octanol–water partition coefficient (Wildman–Crippen LogP) is 3.40. The maximum absolute atomic E-state index is 12.0. The molecule has 1 aliphatic carbocycles. The van der Waals surface area contributed by atoms with Gasteiger partial charge in [0.05, 0.1) is 10.7 Å².